The number of aromatic nitrogens is 1. The predicted octanol–water partition coefficient (Wildman–Crippen LogP) is 3.77. The maximum atomic E-state index is 12.4. The predicted molar refractivity (Wildman–Crippen MR) is 100 cm³/mol. The molecule has 0 bridgehead atoms. The number of nitrogens with zero attached hydrogens (tertiary/aromatic N) is 2. The number of hydrogen-bond donors (Lipinski definition) is 0. The zero-order valence-electron chi connectivity index (χ0n) is 14.8. The minimum atomic E-state index is -0.669. The topological polar surface area (TPSA) is 59.5 Å². The first-order chi connectivity index (χ1) is 12.3. The number of ether oxygens (including phenoxy) is 1. The minimum absolute atomic E-state index is 0.0513. The van der Waals surface area contributed by atoms with Crippen LogP contribution in [0.4, 0.5) is 5.69 Å². The van der Waals surface area contributed by atoms with Crippen LogP contribution in [0.2, 0.25) is 5.15 Å². The van der Waals surface area contributed by atoms with Crippen molar-refractivity contribution in [1.82, 2.24) is 4.98 Å². The van der Waals surface area contributed by atoms with Gasteiger partial charge in [0.1, 0.15) is 5.15 Å². The van der Waals surface area contributed by atoms with E-state index < -0.39 is 5.97 Å². The molecule has 1 aliphatic rings. The number of fused-ring (bicyclic) bond motifs is 1. The van der Waals surface area contributed by atoms with E-state index in [1.54, 1.807) is 6.07 Å². The Kier molecular flexibility index (Phi) is 4.83. The number of allylic oxidation sites excluding steroid dienone is 1. The number of rotatable bonds is 4. The summed E-state index contributed by atoms with van der Waals surface area (Å²) in [4.78, 5) is 30.2. The lowest BCUT2D eigenvalue weighted by Crippen LogP contribution is -2.25. The Morgan fingerprint density at radius 1 is 1.23 bits per heavy atom. The van der Waals surface area contributed by atoms with Crippen LogP contribution in [0.25, 0.3) is 0 Å². The maximum absolute atomic E-state index is 12.4. The van der Waals surface area contributed by atoms with Crippen molar-refractivity contribution in [1.29, 1.82) is 0 Å². The van der Waals surface area contributed by atoms with E-state index in [4.69, 9.17) is 16.3 Å². The molecule has 0 amide bonds. The van der Waals surface area contributed by atoms with Gasteiger partial charge in [0.2, 0.25) is 0 Å². The van der Waals surface area contributed by atoms with Crippen LogP contribution in [0, 0.1) is 0 Å². The fourth-order valence-corrected chi connectivity index (χ4v) is 3.40. The van der Waals surface area contributed by atoms with Crippen molar-refractivity contribution in [3.63, 3.8) is 0 Å². The largest absolute Gasteiger partial charge is 0.454 e. The van der Waals surface area contributed by atoms with Crippen LogP contribution >= 0.6 is 11.6 Å². The van der Waals surface area contributed by atoms with Gasteiger partial charge < -0.3 is 9.64 Å². The van der Waals surface area contributed by atoms with Crippen LogP contribution < -0.4 is 4.90 Å². The number of ketones is 1. The first-order valence-electron chi connectivity index (χ1n) is 8.18. The highest BCUT2D eigenvalue weighted by Gasteiger charge is 2.38. The molecular formula is C20H19ClN2O3. The molecule has 6 heteroatoms. The summed E-state index contributed by atoms with van der Waals surface area (Å²) < 4.78 is 5.09. The van der Waals surface area contributed by atoms with E-state index in [-0.39, 0.29) is 28.5 Å². The van der Waals surface area contributed by atoms with E-state index in [1.807, 2.05) is 30.1 Å². The zero-order valence-corrected chi connectivity index (χ0v) is 15.6. The van der Waals surface area contributed by atoms with E-state index in [0.29, 0.717) is 0 Å². The van der Waals surface area contributed by atoms with Crippen LogP contribution in [-0.2, 0) is 14.9 Å². The summed E-state index contributed by atoms with van der Waals surface area (Å²) in [5.74, 6) is -0.960. The van der Waals surface area contributed by atoms with Crippen molar-refractivity contribution in [3.05, 3.63) is 70.6 Å². The lowest BCUT2D eigenvalue weighted by atomic mass is 9.83. The van der Waals surface area contributed by atoms with Gasteiger partial charge in [-0.15, -0.1) is 0 Å². The first-order valence-corrected chi connectivity index (χ1v) is 8.56. The molecule has 26 heavy (non-hydrogen) atoms. The molecule has 0 saturated heterocycles. The quantitative estimate of drug-likeness (QED) is 0.465. The Morgan fingerprint density at radius 3 is 2.65 bits per heavy atom. The third kappa shape index (κ3) is 3.22. The number of carbonyl (C=O) groups excluding carboxylic acids is 2. The van der Waals surface area contributed by atoms with Crippen molar-refractivity contribution in [2.24, 2.45) is 0 Å². The molecular weight excluding hydrogens is 352 g/mol. The van der Waals surface area contributed by atoms with Gasteiger partial charge in [-0.1, -0.05) is 43.6 Å². The fourth-order valence-electron chi connectivity index (χ4n) is 3.21. The number of pyridine rings is 1. The molecule has 2 heterocycles. The Hall–Kier alpha value is -2.66. The first kappa shape index (κ1) is 18.1. The molecule has 0 N–H and O–H groups in total. The van der Waals surface area contributed by atoms with Gasteiger partial charge in [-0.05, 0) is 23.8 Å². The smallest absolute Gasteiger partial charge is 0.341 e. The molecule has 1 aromatic heterocycles. The standard InChI is InChI=1S/C20H19ClN2O3/c1-20(2)15-8-4-5-9-16(15)23(3)17(20)11-13(24)12-26-19(25)14-7-6-10-22-18(14)21/h4-11H,12H2,1-3H3/b17-11-. The third-order valence-electron chi connectivity index (χ3n) is 4.56. The molecule has 5 nitrogen and oxygen atoms in total. The minimum Gasteiger partial charge on any atom is -0.454 e. The molecule has 3 rings (SSSR count). The second kappa shape index (κ2) is 6.92. The number of carbonyl (C=O) groups is 2. The van der Waals surface area contributed by atoms with E-state index in [0.717, 1.165) is 16.9 Å². The van der Waals surface area contributed by atoms with Gasteiger partial charge >= 0.3 is 5.97 Å². The molecule has 0 atom stereocenters. The highest BCUT2D eigenvalue weighted by Crippen LogP contribution is 2.46. The number of hydrogen-bond acceptors (Lipinski definition) is 5. The van der Waals surface area contributed by atoms with Crippen molar-refractivity contribution >= 4 is 29.0 Å². The van der Waals surface area contributed by atoms with Gasteiger partial charge in [0.15, 0.2) is 12.4 Å². The van der Waals surface area contributed by atoms with Gasteiger partial charge in [0, 0.05) is 36.1 Å². The number of esters is 1. The molecule has 0 aliphatic carbocycles. The summed E-state index contributed by atoms with van der Waals surface area (Å²) in [6, 6.07) is 11.1. The van der Waals surface area contributed by atoms with Crippen molar-refractivity contribution in [2.75, 3.05) is 18.6 Å². The normalized spacial score (nSPS) is 16.5. The number of anilines is 1. The van der Waals surface area contributed by atoms with Gasteiger partial charge in [-0.25, -0.2) is 9.78 Å². The molecule has 134 valence electrons. The zero-order chi connectivity index (χ0) is 18.9. The monoisotopic (exact) mass is 370 g/mol. The second-order valence-corrected chi connectivity index (χ2v) is 6.97. The van der Waals surface area contributed by atoms with E-state index in [2.05, 4.69) is 24.9 Å². The van der Waals surface area contributed by atoms with Gasteiger partial charge in [0.25, 0.3) is 0 Å². The Morgan fingerprint density at radius 2 is 1.96 bits per heavy atom. The van der Waals surface area contributed by atoms with Crippen LogP contribution in [0.5, 0.6) is 0 Å². The Bertz CT molecular complexity index is 905. The van der Waals surface area contributed by atoms with Crippen molar-refractivity contribution in [2.45, 2.75) is 19.3 Å². The number of likely N-dealkylation sites (N-methyl/N-ethyl adjacent to an activating group) is 1. The van der Waals surface area contributed by atoms with Crippen LogP contribution in [-0.4, -0.2) is 30.4 Å². The molecule has 0 saturated carbocycles. The number of halogens is 1. The molecule has 0 fully saturated rings. The second-order valence-electron chi connectivity index (χ2n) is 6.61. The molecule has 1 aliphatic heterocycles. The highest BCUT2D eigenvalue weighted by molar-refractivity contribution is 6.32. The number of para-hydroxylation sites is 1. The van der Waals surface area contributed by atoms with Gasteiger partial charge in [-0.2, -0.15) is 0 Å². The van der Waals surface area contributed by atoms with Crippen LogP contribution in [0.3, 0.4) is 0 Å². The van der Waals surface area contributed by atoms with Crippen molar-refractivity contribution in [3.8, 4) is 0 Å². The molecule has 0 radical (unpaired) electrons. The van der Waals surface area contributed by atoms with E-state index in [9.17, 15) is 9.59 Å². The van der Waals surface area contributed by atoms with E-state index in [1.165, 1.54) is 18.3 Å². The lowest BCUT2D eigenvalue weighted by Gasteiger charge is -2.23. The lowest BCUT2D eigenvalue weighted by molar-refractivity contribution is -0.117. The van der Waals surface area contributed by atoms with Crippen molar-refractivity contribution < 1.29 is 14.3 Å². The average molecular weight is 371 g/mol. The summed E-state index contributed by atoms with van der Waals surface area (Å²) in [5, 5.41) is 0.0513. The summed E-state index contributed by atoms with van der Waals surface area (Å²) in [6.07, 6.45) is 3.02. The fraction of sp³-hybridized carbons (Fsp3) is 0.250. The SMILES string of the molecule is CN1/C(=C\C(=O)COC(=O)c2cccnc2Cl)C(C)(C)c2ccccc21. The van der Waals surface area contributed by atoms with Gasteiger partial charge in [-0.3, -0.25) is 4.79 Å². The molecule has 2 aromatic rings. The Balaban J connectivity index is 1.74. The summed E-state index contributed by atoms with van der Waals surface area (Å²) >= 11 is 5.86. The number of benzene rings is 1. The molecule has 0 unspecified atom stereocenters. The maximum Gasteiger partial charge on any atom is 0.341 e. The van der Waals surface area contributed by atoms with Crippen LogP contribution in [0.15, 0.2) is 54.4 Å². The van der Waals surface area contributed by atoms with Gasteiger partial charge in [0.05, 0.1) is 5.56 Å². The summed E-state index contributed by atoms with van der Waals surface area (Å²) in [6.45, 7) is 3.78. The Labute approximate surface area is 157 Å². The van der Waals surface area contributed by atoms with Crippen LogP contribution in [0.1, 0.15) is 29.8 Å². The van der Waals surface area contributed by atoms with E-state index >= 15 is 0 Å². The highest BCUT2D eigenvalue weighted by atomic mass is 35.5. The third-order valence-corrected chi connectivity index (χ3v) is 4.86. The summed E-state index contributed by atoms with van der Waals surface area (Å²) in [5.41, 5.74) is 2.91. The summed E-state index contributed by atoms with van der Waals surface area (Å²) in [7, 11) is 1.92. The molecule has 1 aromatic carbocycles. The average Bonchev–Trinajstić information content (AvgIpc) is 2.81. The molecule has 0 spiro atoms.